The van der Waals surface area contributed by atoms with Crippen molar-refractivity contribution in [3.05, 3.63) is 63.7 Å². The first-order chi connectivity index (χ1) is 9.72. The maximum Gasteiger partial charge on any atom is 0.297 e. The Kier molecular flexibility index (Phi) is 3.96. The first kappa shape index (κ1) is 13.5. The number of hydrogen-bond donors (Lipinski definition) is 0. The van der Waals surface area contributed by atoms with Crippen molar-refractivity contribution in [1.82, 2.24) is 5.06 Å². The van der Waals surface area contributed by atoms with Gasteiger partial charge in [-0.3, -0.25) is 0 Å². The largest absolute Gasteiger partial charge is 0.424 e. The van der Waals surface area contributed by atoms with E-state index in [4.69, 9.17) is 21.2 Å². The molecule has 3 nitrogen and oxygen atoms in total. The van der Waals surface area contributed by atoms with Crippen LogP contribution in [0.4, 0.5) is 0 Å². The molecule has 0 amide bonds. The van der Waals surface area contributed by atoms with Gasteiger partial charge in [-0.05, 0) is 42.1 Å². The molecule has 0 N–H and O–H groups in total. The van der Waals surface area contributed by atoms with Crippen molar-refractivity contribution >= 4 is 22.9 Å². The molecule has 3 rings (SSSR count). The van der Waals surface area contributed by atoms with Gasteiger partial charge in [0.05, 0.1) is 11.6 Å². The standard InChI is InChI=1S/C15H14ClNO2S/c1-11(18-14-5-3-2-4-13(14)16)19-17-8-6-15-12(10-17)7-9-20-15/h2-5,7,9H,1,6,8,10H2. The van der Waals surface area contributed by atoms with Crippen LogP contribution in [0.3, 0.4) is 0 Å². The van der Waals surface area contributed by atoms with Gasteiger partial charge in [0.25, 0.3) is 5.95 Å². The van der Waals surface area contributed by atoms with Gasteiger partial charge in [0.2, 0.25) is 0 Å². The Morgan fingerprint density at radius 2 is 2.15 bits per heavy atom. The number of para-hydroxylation sites is 1. The quantitative estimate of drug-likeness (QED) is 0.789. The van der Waals surface area contributed by atoms with Crippen LogP contribution < -0.4 is 4.74 Å². The van der Waals surface area contributed by atoms with Crippen molar-refractivity contribution in [1.29, 1.82) is 0 Å². The number of halogens is 1. The fourth-order valence-electron chi connectivity index (χ4n) is 2.11. The lowest BCUT2D eigenvalue weighted by Gasteiger charge is -2.26. The van der Waals surface area contributed by atoms with Gasteiger partial charge in [-0.15, -0.1) is 16.4 Å². The lowest BCUT2D eigenvalue weighted by atomic mass is 10.1. The number of nitrogens with zero attached hydrogens (tertiary/aromatic N) is 1. The summed E-state index contributed by atoms with van der Waals surface area (Å²) in [6.07, 6.45) is 0.992. The normalized spacial score (nSPS) is 14.7. The molecule has 1 aliphatic heterocycles. The summed E-state index contributed by atoms with van der Waals surface area (Å²) < 4.78 is 5.53. The first-order valence-electron chi connectivity index (χ1n) is 6.32. The smallest absolute Gasteiger partial charge is 0.297 e. The molecule has 1 aromatic heterocycles. The van der Waals surface area contributed by atoms with Crippen LogP contribution in [0.1, 0.15) is 10.4 Å². The minimum Gasteiger partial charge on any atom is -0.424 e. The summed E-state index contributed by atoms with van der Waals surface area (Å²) in [6.45, 7) is 5.37. The van der Waals surface area contributed by atoms with Crippen LogP contribution in [0.5, 0.6) is 5.75 Å². The minimum atomic E-state index is 0.233. The zero-order valence-electron chi connectivity index (χ0n) is 10.8. The van der Waals surface area contributed by atoms with Gasteiger partial charge in [0.15, 0.2) is 0 Å². The second-order valence-corrected chi connectivity index (χ2v) is 5.89. The van der Waals surface area contributed by atoms with Gasteiger partial charge >= 0.3 is 0 Å². The van der Waals surface area contributed by atoms with E-state index in [1.165, 1.54) is 10.4 Å². The molecule has 0 aliphatic carbocycles. The summed E-state index contributed by atoms with van der Waals surface area (Å²) in [6, 6.07) is 9.38. The molecule has 0 saturated heterocycles. The van der Waals surface area contributed by atoms with Gasteiger partial charge in [0.1, 0.15) is 5.75 Å². The maximum absolute atomic E-state index is 6.03. The van der Waals surface area contributed by atoms with Crippen LogP contribution in [0.25, 0.3) is 0 Å². The molecule has 0 radical (unpaired) electrons. The van der Waals surface area contributed by atoms with E-state index in [0.29, 0.717) is 10.8 Å². The third-order valence-electron chi connectivity index (χ3n) is 3.06. The topological polar surface area (TPSA) is 21.7 Å². The Morgan fingerprint density at radius 1 is 1.30 bits per heavy atom. The van der Waals surface area contributed by atoms with Crippen molar-refractivity contribution in [2.24, 2.45) is 0 Å². The van der Waals surface area contributed by atoms with Crippen molar-refractivity contribution in [3.63, 3.8) is 0 Å². The Morgan fingerprint density at radius 3 is 3.00 bits per heavy atom. The van der Waals surface area contributed by atoms with Crippen molar-refractivity contribution in [2.45, 2.75) is 13.0 Å². The number of hydrogen-bond acceptors (Lipinski definition) is 4. The third-order valence-corrected chi connectivity index (χ3v) is 4.40. The monoisotopic (exact) mass is 307 g/mol. The first-order valence-corrected chi connectivity index (χ1v) is 7.57. The molecule has 5 heteroatoms. The highest BCUT2D eigenvalue weighted by atomic mass is 35.5. The molecule has 0 unspecified atom stereocenters. The molecule has 0 spiro atoms. The number of thiophene rings is 1. The van der Waals surface area contributed by atoms with E-state index in [2.05, 4.69) is 18.0 Å². The van der Waals surface area contributed by atoms with Crippen LogP contribution in [0, 0.1) is 0 Å². The highest BCUT2D eigenvalue weighted by Gasteiger charge is 2.19. The number of rotatable bonds is 4. The van der Waals surface area contributed by atoms with Crippen molar-refractivity contribution in [3.8, 4) is 5.75 Å². The molecule has 20 heavy (non-hydrogen) atoms. The second kappa shape index (κ2) is 5.87. The Hall–Kier alpha value is -1.49. The van der Waals surface area contributed by atoms with Gasteiger partial charge in [-0.25, -0.2) is 0 Å². The predicted octanol–water partition coefficient (Wildman–Crippen LogP) is 4.24. The van der Waals surface area contributed by atoms with E-state index in [-0.39, 0.29) is 5.95 Å². The number of benzene rings is 1. The zero-order chi connectivity index (χ0) is 13.9. The lowest BCUT2D eigenvalue weighted by molar-refractivity contribution is -0.160. The van der Waals surface area contributed by atoms with Crippen molar-refractivity contribution in [2.75, 3.05) is 6.54 Å². The summed E-state index contributed by atoms with van der Waals surface area (Å²) in [4.78, 5) is 7.07. The molecule has 1 aliphatic rings. The molecule has 1 aromatic carbocycles. The van der Waals surface area contributed by atoms with Crippen LogP contribution in [-0.4, -0.2) is 11.6 Å². The van der Waals surface area contributed by atoms with E-state index in [0.717, 1.165) is 19.5 Å². The molecule has 0 bridgehead atoms. The average Bonchev–Trinajstić information content (AvgIpc) is 2.89. The minimum absolute atomic E-state index is 0.233. The van der Waals surface area contributed by atoms with E-state index < -0.39 is 0 Å². The average molecular weight is 308 g/mol. The second-order valence-electron chi connectivity index (χ2n) is 4.48. The van der Waals surface area contributed by atoms with Gasteiger partial charge in [-0.1, -0.05) is 23.7 Å². The molecule has 2 aromatic rings. The van der Waals surface area contributed by atoms with Gasteiger partial charge < -0.3 is 9.57 Å². The molecule has 0 atom stereocenters. The van der Waals surface area contributed by atoms with E-state index in [9.17, 15) is 0 Å². The van der Waals surface area contributed by atoms with Crippen molar-refractivity contribution < 1.29 is 9.57 Å². The maximum atomic E-state index is 6.03. The summed E-state index contributed by atoms with van der Waals surface area (Å²) in [5.41, 5.74) is 1.31. The summed E-state index contributed by atoms with van der Waals surface area (Å²) in [7, 11) is 0. The lowest BCUT2D eigenvalue weighted by Crippen LogP contribution is -2.30. The Bertz CT molecular complexity index is 626. The molecule has 0 saturated carbocycles. The summed E-state index contributed by atoms with van der Waals surface area (Å²) in [5.74, 6) is 0.782. The molecule has 0 fully saturated rings. The Balaban J connectivity index is 1.59. The van der Waals surface area contributed by atoms with E-state index in [1.54, 1.807) is 23.5 Å². The highest BCUT2D eigenvalue weighted by molar-refractivity contribution is 7.10. The number of hydroxylamine groups is 2. The number of ether oxygens (including phenoxy) is 1. The van der Waals surface area contributed by atoms with Crippen LogP contribution in [0.15, 0.2) is 48.2 Å². The van der Waals surface area contributed by atoms with E-state index in [1.807, 2.05) is 17.2 Å². The Labute approximate surface area is 127 Å². The highest BCUT2D eigenvalue weighted by Crippen LogP contribution is 2.27. The van der Waals surface area contributed by atoms with E-state index >= 15 is 0 Å². The zero-order valence-corrected chi connectivity index (χ0v) is 12.4. The SMILES string of the molecule is C=C(Oc1ccccc1Cl)ON1CCc2sccc2C1. The summed E-state index contributed by atoms with van der Waals surface area (Å²) >= 11 is 7.83. The fraction of sp³-hybridized carbons (Fsp3) is 0.200. The third kappa shape index (κ3) is 2.98. The molecule has 104 valence electrons. The van der Waals surface area contributed by atoms with Crippen LogP contribution in [-0.2, 0) is 17.8 Å². The number of fused-ring (bicyclic) bond motifs is 1. The van der Waals surface area contributed by atoms with Crippen LogP contribution >= 0.6 is 22.9 Å². The van der Waals surface area contributed by atoms with Gasteiger partial charge in [0, 0.05) is 11.4 Å². The van der Waals surface area contributed by atoms with Gasteiger partial charge in [-0.2, -0.15) is 0 Å². The summed E-state index contributed by atoms with van der Waals surface area (Å²) in [5, 5.41) is 4.51. The van der Waals surface area contributed by atoms with Crippen LogP contribution in [0.2, 0.25) is 5.02 Å². The fourth-order valence-corrected chi connectivity index (χ4v) is 3.18. The molecular weight excluding hydrogens is 294 g/mol. The molecule has 2 heterocycles. The predicted molar refractivity (Wildman–Crippen MR) is 80.7 cm³/mol. The molecular formula is C15H14ClNO2S.